The molecule has 5 nitrogen and oxygen atoms in total. The van der Waals surface area contributed by atoms with Crippen LogP contribution in [0.3, 0.4) is 0 Å². The first-order chi connectivity index (χ1) is 7.45. The first-order valence-electron chi connectivity index (χ1n) is 5.09. The van der Waals surface area contributed by atoms with Crippen LogP contribution in [0.25, 0.3) is 0 Å². The van der Waals surface area contributed by atoms with Gasteiger partial charge in [0, 0.05) is 13.8 Å². The normalized spacial score (nSPS) is 33.5. The molecule has 0 saturated carbocycles. The minimum absolute atomic E-state index is 0.413. The predicted octanol–water partition coefficient (Wildman–Crippen LogP) is 0.954. The summed E-state index contributed by atoms with van der Waals surface area (Å²) in [6.45, 7) is 4.08. The van der Waals surface area contributed by atoms with Crippen molar-refractivity contribution in [3.63, 3.8) is 0 Å². The highest BCUT2D eigenvalue weighted by molar-refractivity contribution is 5.67. The lowest BCUT2D eigenvalue weighted by Crippen LogP contribution is -2.36. The Hall–Kier alpha value is -1.17. The van der Waals surface area contributed by atoms with Crippen LogP contribution in [0.1, 0.15) is 27.2 Å². The first-order valence-corrected chi connectivity index (χ1v) is 5.09. The molecule has 0 radical (unpaired) electrons. The van der Waals surface area contributed by atoms with Crippen LogP contribution in [0.5, 0.6) is 0 Å². The summed E-state index contributed by atoms with van der Waals surface area (Å²) in [7, 11) is 0. The zero-order chi connectivity index (χ0) is 12.3. The molecule has 0 aromatic carbocycles. The zero-order valence-electron chi connectivity index (χ0n) is 9.44. The Bertz CT molecular complexity index is 280. The molecule has 6 heteroatoms. The molecule has 1 rings (SSSR count). The second kappa shape index (κ2) is 5.25. The van der Waals surface area contributed by atoms with Gasteiger partial charge in [-0.3, -0.25) is 9.59 Å². The number of carbonyl (C=O) groups excluding carboxylic acids is 2. The van der Waals surface area contributed by atoms with E-state index >= 15 is 0 Å². The number of rotatable bonds is 3. The zero-order valence-corrected chi connectivity index (χ0v) is 9.44. The van der Waals surface area contributed by atoms with Crippen molar-refractivity contribution in [3.05, 3.63) is 0 Å². The third-order valence-electron chi connectivity index (χ3n) is 2.23. The largest absolute Gasteiger partial charge is 0.453 e. The van der Waals surface area contributed by atoms with Gasteiger partial charge in [0.1, 0.15) is 0 Å². The summed E-state index contributed by atoms with van der Waals surface area (Å²) in [5.41, 5.74) is 0. The van der Waals surface area contributed by atoms with Crippen LogP contribution >= 0.6 is 0 Å². The minimum atomic E-state index is -1.47. The van der Waals surface area contributed by atoms with E-state index in [1.165, 1.54) is 6.92 Å². The third kappa shape index (κ3) is 2.91. The average molecular weight is 234 g/mol. The predicted molar refractivity (Wildman–Crippen MR) is 51.2 cm³/mol. The molecule has 0 amide bonds. The molecule has 1 heterocycles. The highest BCUT2D eigenvalue weighted by Gasteiger charge is 2.48. The molecule has 1 aliphatic heterocycles. The van der Waals surface area contributed by atoms with Crippen molar-refractivity contribution in [2.75, 3.05) is 0 Å². The van der Waals surface area contributed by atoms with Gasteiger partial charge in [-0.05, 0) is 6.42 Å². The molecule has 0 N–H and O–H groups in total. The van der Waals surface area contributed by atoms with E-state index in [1.54, 1.807) is 6.92 Å². The number of alkyl halides is 1. The molecule has 1 fully saturated rings. The van der Waals surface area contributed by atoms with Gasteiger partial charge < -0.3 is 14.2 Å². The number of hydrogen-bond acceptors (Lipinski definition) is 5. The first kappa shape index (κ1) is 12.9. The van der Waals surface area contributed by atoms with Gasteiger partial charge in [-0.15, -0.1) is 0 Å². The van der Waals surface area contributed by atoms with Gasteiger partial charge in [-0.25, -0.2) is 4.39 Å². The van der Waals surface area contributed by atoms with Crippen molar-refractivity contribution >= 4 is 11.9 Å². The van der Waals surface area contributed by atoms with Gasteiger partial charge >= 0.3 is 11.9 Å². The summed E-state index contributed by atoms with van der Waals surface area (Å²) < 4.78 is 28.4. The smallest absolute Gasteiger partial charge is 0.305 e. The highest BCUT2D eigenvalue weighted by atomic mass is 19.1. The average Bonchev–Trinajstić information content (AvgIpc) is 2.44. The second-order valence-electron chi connectivity index (χ2n) is 3.58. The molecular weight excluding hydrogens is 219 g/mol. The molecule has 4 atom stereocenters. The maximum Gasteiger partial charge on any atom is 0.305 e. The van der Waals surface area contributed by atoms with E-state index in [2.05, 4.69) is 0 Å². The molecule has 2 unspecified atom stereocenters. The molecule has 1 aliphatic rings. The maximum atomic E-state index is 13.7. The van der Waals surface area contributed by atoms with E-state index in [-0.39, 0.29) is 0 Å². The van der Waals surface area contributed by atoms with Crippen molar-refractivity contribution in [1.29, 1.82) is 0 Å². The van der Waals surface area contributed by atoms with Crippen LogP contribution in [0.2, 0.25) is 0 Å². The lowest BCUT2D eigenvalue weighted by Gasteiger charge is -2.18. The Morgan fingerprint density at radius 2 is 1.81 bits per heavy atom. The van der Waals surface area contributed by atoms with Gasteiger partial charge in [0.15, 0.2) is 12.3 Å². The van der Waals surface area contributed by atoms with E-state index in [0.29, 0.717) is 6.42 Å². The fourth-order valence-corrected chi connectivity index (χ4v) is 1.58. The summed E-state index contributed by atoms with van der Waals surface area (Å²) in [6.07, 6.45) is -4.10. The van der Waals surface area contributed by atoms with Crippen molar-refractivity contribution < 1.29 is 28.2 Å². The van der Waals surface area contributed by atoms with Gasteiger partial charge in [0.05, 0.1) is 6.10 Å². The Morgan fingerprint density at radius 1 is 1.25 bits per heavy atom. The highest BCUT2D eigenvalue weighted by Crippen LogP contribution is 2.29. The van der Waals surface area contributed by atoms with Crippen molar-refractivity contribution in [2.45, 2.75) is 51.9 Å². The summed E-state index contributed by atoms with van der Waals surface area (Å²) in [4.78, 5) is 21.6. The van der Waals surface area contributed by atoms with E-state index in [9.17, 15) is 14.0 Å². The lowest BCUT2D eigenvalue weighted by molar-refractivity contribution is -0.194. The van der Waals surface area contributed by atoms with Crippen LogP contribution in [0, 0.1) is 0 Å². The lowest BCUT2D eigenvalue weighted by atomic mass is 10.1. The molecule has 0 aromatic rings. The summed E-state index contributed by atoms with van der Waals surface area (Å²) in [5.74, 6) is -1.24. The second-order valence-corrected chi connectivity index (χ2v) is 3.58. The fraction of sp³-hybridized carbons (Fsp3) is 0.800. The number of carbonyl (C=O) groups is 2. The summed E-state index contributed by atoms with van der Waals surface area (Å²) in [5, 5.41) is 0. The van der Waals surface area contributed by atoms with Crippen LogP contribution < -0.4 is 0 Å². The van der Waals surface area contributed by atoms with Crippen molar-refractivity contribution in [1.82, 2.24) is 0 Å². The molecule has 0 spiro atoms. The molecule has 0 bridgehead atoms. The van der Waals surface area contributed by atoms with Crippen molar-refractivity contribution in [2.24, 2.45) is 0 Å². The van der Waals surface area contributed by atoms with E-state index in [1.807, 2.05) is 0 Å². The van der Waals surface area contributed by atoms with Crippen LogP contribution in [0.15, 0.2) is 0 Å². The molecule has 0 aliphatic carbocycles. The summed E-state index contributed by atoms with van der Waals surface area (Å²) >= 11 is 0. The quantitative estimate of drug-likeness (QED) is 0.680. The van der Waals surface area contributed by atoms with Crippen LogP contribution in [-0.2, 0) is 23.8 Å². The third-order valence-corrected chi connectivity index (χ3v) is 2.23. The number of hydrogen-bond donors (Lipinski definition) is 0. The standard InChI is InChI=1S/C10H15FO5/c1-4-7-8(11)9(14-5(2)12)10(16-7)15-6(3)13/h7-10H,4H2,1-3H3/t7?,8-,9+,10?/m0/s1. The molecule has 1 saturated heterocycles. The van der Waals surface area contributed by atoms with E-state index < -0.39 is 36.6 Å². The van der Waals surface area contributed by atoms with Gasteiger partial charge in [0.25, 0.3) is 0 Å². The Labute approximate surface area is 92.8 Å². The van der Waals surface area contributed by atoms with E-state index in [0.717, 1.165) is 6.92 Å². The number of halogens is 1. The maximum absolute atomic E-state index is 13.7. The van der Waals surface area contributed by atoms with Crippen LogP contribution in [0.4, 0.5) is 4.39 Å². The molecule has 16 heavy (non-hydrogen) atoms. The topological polar surface area (TPSA) is 61.8 Å². The van der Waals surface area contributed by atoms with Crippen molar-refractivity contribution in [3.8, 4) is 0 Å². The SMILES string of the molecule is CCC1OC(OC(C)=O)[C@H](OC(C)=O)[C@H]1F. The Morgan fingerprint density at radius 3 is 2.25 bits per heavy atom. The van der Waals surface area contributed by atoms with E-state index in [4.69, 9.17) is 14.2 Å². The van der Waals surface area contributed by atoms with Crippen LogP contribution in [-0.4, -0.2) is 36.6 Å². The Balaban J connectivity index is 2.72. The number of esters is 2. The van der Waals surface area contributed by atoms with Gasteiger partial charge in [0.2, 0.25) is 6.29 Å². The fourth-order valence-electron chi connectivity index (χ4n) is 1.58. The minimum Gasteiger partial charge on any atom is -0.453 e. The molecule has 0 aromatic heterocycles. The van der Waals surface area contributed by atoms with Gasteiger partial charge in [-0.1, -0.05) is 6.92 Å². The monoisotopic (exact) mass is 234 g/mol. The molecule has 92 valence electrons. The van der Waals surface area contributed by atoms with Gasteiger partial charge in [-0.2, -0.15) is 0 Å². The number of ether oxygens (including phenoxy) is 3. The molecular formula is C10H15FO5. The Kier molecular flexibility index (Phi) is 4.23. The summed E-state index contributed by atoms with van der Waals surface area (Å²) in [6, 6.07) is 0.